The molecule has 0 aliphatic heterocycles. The maximum absolute atomic E-state index is 4.81. The molecule has 0 atom stereocenters. The largest absolute Gasteiger partial charge is 0.249 e. The van der Waals surface area contributed by atoms with Crippen LogP contribution in [0.4, 0.5) is 0 Å². The molecule has 0 spiro atoms. The van der Waals surface area contributed by atoms with Gasteiger partial charge in [-0.1, -0.05) is 0 Å². The Balaban J connectivity index is 2.30. The molecule has 0 saturated heterocycles. The van der Waals surface area contributed by atoms with E-state index in [1.807, 2.05) is 12.4 Å². The zero-order chi connectivity index (χ0) is 13.6. The second-order valence-corrected chi connectivity index (χ2v) is 5.90. The van der Waals surface area contributed by atoms with Crippen LogP contribution in [-0.4, -0.2) is 9.97 Å². The number of benzene rings is 1. The van der Waals surface area contributed by atoms with E-state index in [0.29, 0.717) is 0 Å². The van der Waals surface area contributed by atoms with E-state index < -0.39 is 0 Å². The summed E-state index contributed by atoms with van der Waals surface area (Å²) < 4.78 is 0. The zero-order valence-corrected chi connectivity index (χ0v) is 12.4. The standard InChI is InChI=1S/C16H16N2S/c1-9-5-13-11(3)7-15(16-12(4)17-8-19-16)18-14(13)6-10(9)2/h5-8H,1-4H3. The van der Waals surface area contributed by atoms with Crippen LogP contribution in [0.5, 0.6) is 0 Å². The van der Waals surface area contributed by atoms with Crippen LogP contribution >= 0.6 is 11.3 Å². The van der Waals surface area contributed by atoms with Crippen LogP contribution in [-0.2, 0) is 0 Å². The topological polar surface area (TPSA) is 25.8 Å². The minimum atomic E-state index is 1.04. The maximum Gasteiger partial charge on any atom is 0.0831 e. The fraction of sp³-hybridized carbons (Fsp3) is 0.250. The summed E-state index contributed by atoms with van der Waals surface area (Å²) in [7, 11) is 0. The molecule has 0 aliphatic carbocycles. The molecule has 2 heterocycles. The summed E-state index contributed by atoms with van der Waals surface area (Å²) in [5.41, 5.74) is 8.93. The lowest BCUT2D eigenvalue weighted by atomic mass is 10.0. The van der Waals surface area contributed by atoms with Gasteiger partial charge in [-0.3, -0.25) is 0 Å². The van der Waals surface area contributed by atoms with Gasteiger partial charge in [-0.15, -0.1) is 11.3 Å². The molecule has 0 N–H and O–H groups in total. The number of aromatic nitrogens is 2. The van der Waals surface area contributed by atoms with Crippen molar-refractivity contribution in [1.82, 2.24) is 9.97 Å². The van der Waals surface area contributed by atoms with Crippen LogP contribution in [0, 0.1) is 27.7 Å². The smallest absolute Gasteiger partial charge is 0.0831 e. The Hall–Kier alpha value is -1.74. The first kappa shape index (κ1) is 12.3. The van der Waals surface area contributed by atoms with Gasteiger partial charge in [0.15, 0.2) is 0 Å². The van der Waals surface area contributed by atoms with E-state index in [9.17, 15) is 0 Å². The number of hydrogen-bond donors (Lipinski definition) is 0. The van der Waals surface area contributed by atoms with Crippen LogP contribution in [0.25, 0.3) is 21.5 Å². The van der Waals surface area contributed by atoms with Crippen molar-refractivity contribution in [2.24, 2.45) is 0 Å². The molecule has 3 rings (SSSR count). The first-order valence-corrected chi connectivity index (χ1v) is 7.23. The average Bonchev–Trinajstić information content (AvgIpc) is 2.78. The van der Waals surface area contributed by atoms with Crippen LogP contribution in [0.2, 0.25) is 0 Å². The molecule has 1 aromatic carbocycles. The van der Waals surface area contributed by atoms with Gasteiger partial charge in [0.05, 0.1) is 27.3 Å². The fourth-order valence-corrected chi connectivity index (χ4v) is 3.08. The average molecular weight is 268 g/mol. The Morgan fingerprint density at radius 3 is 2.32 bits per heavy atom. The molecular weight excluding hydrogens is 252 g/mol. The van der Waals surface area contributed by atoms with Gasteiger partial charge in [-0.25, -0.2) is 9.97 Å². The molecule has 2 aromatic heterocycles. The van der Waals surface area contributed by atoms with Crippen molar-refractivity contribution < 1.29 is 0 Å². The molecule has 3 heteroatoms. The normalized spacial score (nSPS) is 11.2. The minimum Gasteiger partial charge on any atom is -0.249 e. The third kappa shape index (κ3) is 2.04. The molecule has 0 bridgehead atoms. The van der Waals surface area contributed by atoms with Crippen LogP contribution in [0.3, 0.4) is 0 Å². The lowest BCUT2D eigenvalue weighted by molar-refractivity contribution is 1.25. The quantitative estimate of drug-likeness (QED) is 0.645. The molecule has 19 heavy (non-hydrogen) atoms. The van der Waals surface area contributed by atoms with Crippen molar-refractivity contribution in [2.45, 2.75) is 27.7 Å². The van der Waals surface area contributed by atoms with E-state index >= 15 is 0 Å². The lowest BCUT2D eigenvalue weighted by Gasteiger charge is -2.08. The lowest BCUT2D eigenvalue weighted by Crippen LogP contribution is -1.91. The number of pyridine rings is 1. The molecule has 0 radical (unpaired) electrons. The summed E-state index contributed by atoms with van der Waals surface area (Å²) in [6.45, 7) is 8.47. The fourth-order valence-electron chi connectivity index (χ4n) is 2.32. The highest BCUT2D eigenvalue weighted by molar-refractivity contribution is 7.13. The van der Waals surface area contributed by atoms with Gasteiger partial charge in [0.25, 0.3) is 0 Å². The summed E-state index contributed by atoms with van der Waals surface area (Å²) in [5.74, 6) is 0. The van der Waals surface area contributed by atoms with Crippen molar-refractivity contribution in [1.29, 1.82) is 0 Å². The molecule has 96 valence electrons. The van der Waals surface area contributed by atoms with Crippen molar-refractivity contribution in [2.75, 3.05) is 0 Å². The van der Waals surface area contributed by atoms with Gasteiger partial charge < -0.3 is 0 Å². The first-order chi connectivity index (χ1) is 9.06. The highest BCUT2D eigenvalue weighted by Crippen LogP contribution is 2.30. The van der Waals surface area contributed by atoms with E-state index in [1.165, 1.54) is 27.0 Å². The van der Waals surface area contributed by atoms with E-state index in [-0.39, 0.29) is 0 Å². The molecule has 0 unspecified atom stereocenters. The number of rotatable bonds is 1. The van der Waals surface area contributed by atoms with Crippen molar-refractivity contribution in [3.05, 3.63) is 46.1 Å². The summed E-state index contributed by atoms with van der Waals surface area (Å²) in [6, 6.07) is 6.57. The highest BCUT2D eigenvalue weighted by atomic mass is 32.1. The van der Waals surface area contributed by atoms with Crippen LogP contribution in [0.15, 0.2) is 23.7 Å². The third-order valence-corrected chi connectivity index (χ3v) is 4.56. The Morgan fingerprint density at radius 2 is 1.63 bits per heavy atom. The molecule has 0 fully saturated rings. The molecule has 2 nitrogen and oxygen atoms in total. The van der Waals surface area contributed by atoms with Crippen molar-refractivity contribution in [3.63, 3.8) is 0 Å². The zero-order valence-electron chi connectivity index (χ0n) is 11.6. The van der Waals surface area contributed by atoms with Gasteiger partial charge in [0.2, 0.25) is 0 Å². The number of hydrogen-bond acceptors (Lipinski definition) is 3. The number of thiazole rings is 1. The summed E-state index contributed by atoms with van der Waals surface area (Å²) in [6.07, 6.45) is 0. The van der Waals surface area contributed by atoms with Gasteiger partial charge in [-0.2, -0.15) is 0 Å². The molecule has 3 aromatic rings. The summed E-state index contributed by atoms with van der Waals surface area (Å²) >= 11 is 1.65. The minimum absolute atomic E-state index is 1.04. The van der Waals surface area contributed by atoms with Gasteiger partial charge in [0.1, 0.15) is 0 Å². The molecule has 0 amide bonds. The molecular formula is C16H16N2S. The third-order valence-electron chi connectivity index (χ3n) is 3.61. The Bertz CT molecular complexity index is 772. The highest BCUT2D eigenvalue weighted by Gasteiger charge is 2.10. The SMILES string of the molecule is Cc1cc2nc(-c3scnc3C)cc(C)c2cc1C. The monoisotopic (exact) mass is 268 g/mol. The van der Waals surface area contributed by atoms with Gasteiger partial charge in [-0.05, 0) is 62.6 Å². The van der Waals surface area contributed by atoms with Gasteiger partial charge >= 0.3 is 0 Å². The number of fused-ring (bicyclic) bond motifs is 1. The van der Waals surface area contributed by atoms with E-state index in [4.69, 9.17) is 4.98 Å². The second-order valence-electron chi connectivity index (χ2n) is 5.04. The molecule has 0 saturated carbocycles. The maximum atomic E-state index is 4.81. The van der Waals surface area contributed by atoms with Gasteiger partial charge in [0, 0.05) is 5.39 Å². The van der Waals surface area contributed by atoms with E-state index in [0.717, 1.165) is 16.9 Å². The van der Waals surface area contributed by atoms with Crippen LogP contribution in [0.1, 0.15) is 22.4 Å². The second kappa shape index (κ2) is 4.42. The Labute approximate surface area is 117 Å². The van der Waals surface area contributed by atoms with Crippen molar-refractivity contribution >= 4 is 22.2 Å². The molecule has 0 aliphatic rings. The van der Waals surface area contributed by atoms with Crippen molar-refractivity contribution in [3.8, 4) is 10.6 Å². The van der Waals surface area contributed by atoms with Crippen LogP contribution < -0.4 is 0 Å². The number of nitrogens with zero attached hydrogens (tertiary/aromatic N) is 2. The predicted octanol–water partition coefficient (Wildman–Crippen LogP) is 4.59. The summed E-state index contributed by atoms with van der Waals surface area (Å²) in [5, 5.41) is 1.24. The Kier molecular flexibility index (Phi) is 2.86. The first-order valence-electron chi connectivity index (χ1n) is 6.35. The predicted molar refractivity (Wildman–Crippen MR) is 81.8 cm³/mol. The van der Waals surface area contributed by atoms with E-state index in [2.05, 4.69) is 44.0 Å². The Morgan fingerprint density at radius 1 is 0.895 bits per heavy atom. The number of aryl methyl sites for hydroxylation is 4. The van der Waals surface area contributed by atoms with E-state index in [1.54, 1.807) is 11.3 Å². The summed E-state index contributed by atoms with van der Waals surface area (Å²) in [4.78, 5) is 10.3.